The van der Waals surface area contributed by atoms with Crippen LogP contribution < -0.4 is 5.32 Å². The van der Waals surface area contributed by atoms with Crippen LogP contribution in [0.5, 0.6) is 0 Å². The van der Waals surface area contributed by atoms with Crippen LogP contribution in [0, 0.1) is 0 Å². The quantitative estimate of drug-likeness (QED) is 0.806. The van der Waals surface area contributed by atoms with Gasteiger partial charge in [-0.2, -0.15) is 0 Å². The number of hydrogen-bond donors (Lipinski definition) is 1. The number of hydrogen-bond acceptors (Lipinski definition) is 3. The minimum absolute atomic E-state index is 0.124. The van der Waals surface area contributed by atoms with Gasteiger partial charge in [-0.3, -0.25) is 4.79 Å². The largest absolute Gasteiger partial charge is 0.347 e. The molecule has 0 aliphatic heterocycles. The first kappa shape index (κ1) is 13.7. The van der Waals surface area contributed by atoms with E-state index in [9.17, 15) is 4.79 Å². The molecule has 1 N–H and O–H groups in total. The Morgan fingerprint density at radius 2 is 1.65 bits per heavy atom. The Bertz CT molecular complexity index is 816. The zero-order valence-electron chi connectivity index (χ0n) is 12.5. The number of fused-ring (bicyclic) bond motifs is 1. The predicted molar refractivity (Wildman–Crippen MR) is 86.5 cm³/mol. The van der Waals surface area contributed by atoms with E-state index in [0.29, 0.717) is 5.69 Å². The Hall–Kier alpha value is -2.95. The van der Waals surface area contributed by atoms with Crippen LogP contribution in [0.4, 0.5) is 0 Å². The average Bonchev–Trinajstić information content (AvgIpc) is 3.22. The molecule has 0 spiro atoms. The highest BCUT2D eigenvalue weighted by molar-refractivity contribution is 5.93. The maximum atomic E-state index is 12.6. The van der Waals surface area contributed by atoms with Gasteiger partial charge in [0.05, 0.1) is 11.9 Å². The molecule has 0 atom stereocenters. The van der Waals surface area contributed by atoms with E-state index < -0.39 is 0 Å². The van der Waals surface area contributed by atoms with E-state index in [1.54, 1.807) is 4.68 Å². The maximum Gasteiger partial charge on any atom is 0.271 e. The monoisotopic (exact) mass is 304 g/mol. The van der Waals surface area contributed by atoms with E-state index >= 15 is 0 Å². The molecule has 0 fully saturated rings. The van der Waals surface area contributed by atoms with Crippen LogP contribution in [0.2, 0.25) is 0 Å². The predicted octanol–water partition coefficient (Wildman–Crippen LogP) is 2.16. The Labute approximate surface area is 134 Å². The smallest absolute Gasteiger partial charge is 0.271 e. The lowest BCUT2D eigenvalue weighted by molar-refractivity contribution is 0.0930. The number of nitrogens with one attached hydrogen (secondary N) is 1. The van der Waals surface area contributed by atoms with Crippen molar-refractivity contribution in [3.05, 3.63) is 77.6 Å². The van der Waals surface area contributed by atoms with Crippen molar-refractivity contribution in [2.45, 2.75) is 18.9 Å². The van der Waals surface area contributed by atoms with Gasteiger partial charge in [0, 0.05) is 6.04 Å². The summed E-state index contributed by atoms with van der Waals surface area (Å²) in [5, 5.41) is 11.0. The number of carbonyl (C=O) groups excluding carboxylic acids is 1. The molecule has 0 saturated heterocycles. The third-order valence-corrected chi connectivity index (χ3v) is 4.17. The number of nitrogens with zero attached hydrogens (tertiary/aromatic N) is 3. The fourth-order valence-electron chi connectivity index (χ4n) is 3.07. The molecule has 0 radical (unpaired) electrons. The number of para-hydroxylation sites is 1. The van der Waals surface area contributed by atoms with Crippen LogP contribution in [0.15, 0.2) is 60.8 Å². The lowest BCUT2D eigenvalue weighted by Crippen LogP contribution is -2.36. The zero-order valence-corrected chi connectivity index (χ0v) is 12.5. The number of benzene rings is 2. The Morgan fingerprint density at radius 3 is 2.35 bits per heavy atom. The van der Waals surface area contributed by atoms with E-state index in [0.717, 1.165) is 18.5 Å². The molecule has 4 rings (SSSR count). The van der Waals surface area contributed by atoms with E-state index in [-0.39, 0.29) is 11.9 Å². The fraction of sp³-hybridized carbons (Fsp3) is 0.167. The summed E-state index contributed by atoms with van der Waals surface area (Å²) in [6.45, 7) is 0. The molecule has 23 heavy (non-hydrogen) atoms. The van der Waals surface area contributed by atoms with Crippen LogP contribution in [0.3, 0.4) is 0 Å². The van der Waals surface area contributed by atoms with Gasteiger partial charge in [-0.1, -0.05) is 47.7 Å². The molecule has 0 unspecified atom stereocenters. The van der Waals surface area contributed by atoms with Crippen LogP contribution in [-0.4, -0.2) is 26.9 Å². The Balaban J connectivity index is 1.52. The second-order valence-electron chi connectivity index (χ2n) is 5.71. The molecule has 0 saturated carbocycles. The van der Waals surface area contributed by atoms with Gasteiger partial charge in [0.2, 0.25) is 0 Å². The molecule has 1 amide bonds. The molecular formula is C18H16N4O. The van der Waals surface area contributed by atoms with Crippen molar-refractivity contribution >= 4 is 5.91 Å². The van der Waals surface area contributed by atoms with Crippen LogP contribution >= 0.6 is 0 Å². The van der Waals surface area contributed by atoms with Crippen LogP contribution in [0.25, 0.3) is 5.69 Å². The Morgan fingerprint density at radius 1 is 1.00 bits per heavy atom. The highest BCUT2D eigenvalue weighted by Gasteiger charge is 2.24. The minimum Gasteiger partial charge on any atom is -0.347 e. The molecule has 1 aromatic heterocycles. The van der Waals surface area contributed by atoms with Crippen molar-refractivity contribution < 1.29 is 4.79 Å². The summed E-state index contributed by atoms with van der Waals surface area (Å²) in [5.74, 6) is -0.142. The van der Waals surface area contributed by atoms with Gasteiger partial charge in [0.15, 0.2) is 5.69 Å². The summed E-state index contributed by atoms with van der Waals surface area (Å²) >= 11 is 0. The zero-order chi connectivity index (χ0) is 15.6. The molecule has 5 heteroatoms. The van der Waals surface area contributed by atoms with Gasteiger partial charge in [0.1, 0.15) is 0 Å². The van der Waals surface area contributed by atoms with Crippen molar-refractivity contribution in [1.82, 2.24) is 20.3 Å². The van der Waals surface area contributed by atoms with Crippen molar-refractivity contribution in [3.8, 4) is 5.69 Å². The van der Waals surface area contributed by atoms with E-state index in [1.165, 1.54) is 17.3 Å². The van der Waals surface area contributed by atoms with Crippen LogP contribution in [0.1, 0.15) is 21.6 Å². The van der Waals surface area contributed by atoms with E-state index in [4.69, 9.17) is 0 Å². The second kappa shape index (κ2) is 5.68. The van der Waals surface area contributed by atoms with Gasteiger partial charge < -0.3 is 5.32 Å². The molecule has 2 aromatic carbocycles. The molecule has 1 aliphatic rings. The van der Waals surface area contributed by atoms with Crippen molar-refractivity contribution in [2.75, 3.05) is 0 Å². The Kier molecular flexibility index (Phi) is 3.38. The number of carbonyl (C=O) groups is 1. The van der Waals surface area contributed by atoms with Crippen molar-refractivity contribution in [2.24, 2.45) is 0 Å². The minimum atomic E-state index is -0.142. The first-order valence-corrected chi connectivity index (χ1v) is 7.65. The number of amides is 1. The number of aromatic nitrogens is 3. The second-order valence-corrected chi connectivity index (χ2v) is 5.71. The number of rotatable bonds is 3. The van der Waals surface area contributed by atoms with E-state index in [2.05, 4.69) is 27.8 Å². The molecule has 3 aromatic rings. The molecular weight excluding hydrogens is 288 g/mol. The third-order valence-electron chi connectivity index (χ3n) is 4.17. The lowest BCUT2D eigenvalue weighted by atomic mass is 10.1. The highest BCUT2D eigenvalue weighted by Crippen LogP contribution is 2.22. The van der Waals surface area contributed by atoms with Gasteiger partial charge in [-0.05, 0) is 36.1 Å². The summed E-state index contributed by atoms with van der Waals surface area (Å²) in [5.41, 5.74) is 3.90. The highest BCUT2D eigenvalue weighted by atomic mass is 16.2. The van der Waals surface area contributed by atoms with Gasteiger partial charge in [0.25, 0.3) is 5.91 Å². The normalized spacial score (nSPS) is 13.7. The van der Waals surface area contributed by atoms with Gasteiger partial charge in [-0.25, -0.2) is 4.68 Å². The third kappa shape index (κ3) is 2.61. The molecule has 114 valence electrons. The summed E-state index contributed by atoms with van der Waals surface area (Å²) in [6.07, 6.45) is 3.24. The SMILES string of the molecule is O=C(NC1Cc2ccccc2C1)c1cnnn1-c1ccccc1. The van der Waals surface area contributed by atoms with Gasteiger partial charge >= 0.3 is 0 Å². The molecule has 0 bridgehead atoms. The van der Waals surface area contributed by atoms with Gasteiger partial charge in [-0.15, -0.1) is 5.10 Å². The summed E-state index contributed by atoms with van der Waals surface area (Å²) < 4.78 is 1.57. The molecule has 1 heterocycles. The summed E-state index contributed by atoms with van der Waals surface area (Å²) in [4.78, 5) is 12.6. The summed E-state index contributed by atoms with van der Waals surface area (Å²) in [7, 11) is 0. The molecule has 5 nitrogen and oxygen atoms in total. The summed E-state index contributed by atoms with van der Waals surface area (Å²) in [6, 6.07) is 18.0. The first-order chi connectivity index (χ1) is 11.3. The molecule has 1 aliphatic carbocycles. The topological polar surface area (TPSA) is 59.8 Å². The van der Waals surface area contributed by atoms with E-state index in [1.807, 2.05) is 42.5 Å². The fourth-order valence-corrected chi connectivity index (χ4v) is 3.07. The lowest BCUT2D eigenvalue weighted by Gasteiger charge is -2.12. The van der Waals surface area contributed by atoms with Crippen molar-refractivity contribution in [3.63, 3.8) is 0 Å². The maximum absolute atomic E-state index is 12.6. The first-order valence-electron chi connectivity index (χ1n) is 7.65. The average molecular weight is 304 g/mol. The van der Waals surface area contributed by atoms with Crippen LogP contribution in [-0.2, 0) is 12.8 Å². The standard InChI is InChI=1S/C18H16N4O/c23-18(20-15-10-13-6-4-5-7-14(13)11-15)17-12-19-21-22(17)16-8-2-1-3-9-16/h1-9,12,15H,10-11H2,(H,20,23). The van der Waals surface area contributed by atoms with Crippen molar-refractivity contribution in [1.29, 1.82) is 0 Å².